The number of carbonyl (C=O) groups excluding carboxylic acids is 1. The number of benzene rings is 3. The molecule has 0 fully saturated rings. The van der Waals surface area contributed by atoms with Gasteiger partial charge in [0.1, 0.15) is 22.8 Å². The highest BCUT2D eigenvalue weighted by Crippen LogP contribution is 2.29. The Morgan fingerprint density at radius 1 is 0.903 bits per heavy atom. The Balaban J connectivity index is 1.63. The van der Waals surface area contributed by atoms with E-state index in [4.69, 9.17) is 25.4 Å². The Bertz CT molecular complexity index is 1340. The highest BCUT2D eigenvalue weighted by molar-refractivity contribution is 5.93. The first-order valence-corrected chi connectivity index (χ1v) is 9.46. The molecule has 0 spiro atoms. The zero-order chi connectivity index (χ0) is 22.1. The number of fused-ring (bicyclic) bond motifs is 1. The molecule has 0 aliphatic rings. The highest BCUT2D eigenvalue weighted by atomic mass is 16.5. The molecule has 3 aromatic carbocycles. The van der Waals surface area contributed by atoms with E-state index in [1.807, 2.05) is 0 Å². The SMILES string of the molecule is COc1ccc2oc(-c3ccc(OC(=O)c4cc(N)cc(N)c4)cc3)c(C)c(=O)c2c1. The van der Waals surface area contributed by atoms with Crippen molar-refractivity contribution in [3.05, 3.63) is 82.0 Å². The number of ether oxygens (including phenoxy) is 2. The Hall–Kier alpha value is -4.26. The molecule has 0 saturated heterocycles. The number of hydrogen-bond donors (Lipinski definition) is 2. The van der Waals surface area contributed by atoms with Crippen molar-refractivity contribution < 1.29 is 18.7 Å². The van der Waals surface area contributed by atoms with Gasteiger partial charge in [-0.3, -0.25) is 4.79 Å². The molecule has 7 heteroatoms. The van der Waals surface area contributed by atoms with Gasteiger partial charge in [-0.25, -0.2) is 4.79 Å². The quantitative estimate of drug-likeness (QED) is 0.291. The minimum absolute atomic E-state index is 0.134. The summed E-state index contributed by atoms with van der Waals surface area (Å²) in [5, 5.41) is 0.451. The van der Waals surface area contributed by atoms with Gasteiger partial charge in [0.05, 0.1) is 18.1 Å². The molecular formula is C24H20N2O5. The van der Waals surface area contributed by atoms with Gasteiger partial charge in [-0.2, -0.15) is 0 Å². The monoisotopic (exact) mass is 416 g/mol. The van der Waals surface area contributed by atoms with Gasteiger partial charge < -0.3 is 25.4 Å². The minimum Gasteiger partial charge on any atom is -0.497 e. The van der Waals surface area contributed by atoms with Gasteiger partial charge in [0.2, 0.25) is 0 Å². The predicted molar refractivity (Wildman–Crippen MR) is 119 cm³/mol. The summed E-state index contributed by atoms with van der Waals surface area (Å²) in [6, 6.07) is 16.3. The summed E-state index contributed by atoms with van der Waals surface area (Å²) in [6.07, 6.45) is 0. The summed E-state index contributed by atoms with van der Waals surface area (Å²) in [5.41, 5.74) is 13.9. The number of anilines is 2. The van der Waals surface area contributed by atoms with Gasteiger partial charge in [0.25, 0.3) is 0 Å². The standard InChI is InChI=1S/C24H20N2O5/c1-13-22(27)20-12-19(29-2)7-8-21(20)31-23(13)14-3-5-18(6-4-14)30-24(28)15-9-16(25)11-17(26)10-15/h3-12H,25-26H2,1-2H3. The Kier molecular flexibility index (Phi) is 5.09. The molecule has 0 amide bonds. The lowest BCUT2D eigenvalue weighted by atomic mass is 10.1. The lowest BCUT2D eigenvalue weighted by Crippen LogP contribution is -2.10. The van der Waals surface area contributed by atoms with Crippen LogP contribution in [0, 0.1) is 6.92 Å². The molecule has 31 heavy (non-hydrogen) atoms. The van der Waals surface area contributed by atoms with Gasteiger partial charge in [0, 0.05) is 22.5 Å². The van der Waals surface area contributed by atoms with Crippen molar-refractivity contribution in [2.45, 2.75) is 6.92 Å². The van der Waals surface area contributed by atoms with Crippen molar-refractivity contribution in [1.82, 2.24) is 0 Å². The van der Waals surface area contributed by atoms with Crippen LogP contribution >= 0.6 is 0 Å². The topological polar surface area (TPSA) is 118 Å². The lowest BCUT2D eigenvalue weighted by Gasteiger charge is -2.10. The molecule has 0 saturated carbocycles. The second kappa shape index (κ2) is 7.87. The van der Waals surface area contributed by atoms with E-state index in [2.05, 4.69) is 0 Å². The maximum Gasteiger partial charge on any atom is 0.343 e. The third kappa shape index (κ3) is 3.93. The van der Waals surface area contributed by atoms with Crippen LogP contribution in [0.5, 0.6) is 11.5 Å². The molecule has 0 unspecified atom stereocenters. The van der Waals surface area contributed by atoms with Crippen molar-refractivity contribution in [2.75, 3.05) is 18.6 Å². The van der Waals surface area contributed by atoms with Crippen LogP contribution in [0.4, 0.5) is 11.4 Å². The second-order valence-electron chi connectivity index (χ2n) is 7.05. The first-order chi connectivity index (χ1) is 14.9. The van der Waals surface area contributed by atoms with Gasteiger partial charge in [-0.15, -0.1) is 0 Å². The minimum atomic E-state index is -0.575. The molecule has 4 rings (SSSR count). The van der Waals surface area contributed by atoms with E-state index in [1.54, 1.807) is 62.6 Å². The maximum atomic E-state index is 12.8. The average Bonchev–Trinajstić information content (AvgIpc) is 2.76. The Morgan fingerprint density at radius 2 is 1.55 bits per heavy atom. The van der Waals surface area contributed by atoms with E-state index in [9.17, 15) is 9.59 Å². The summed E-state index contributed by atoms with van der Waals surface area (Å²) in [7, 11) is 1.54. The highest BCUT2D eigenvalue weighted by Gasteiger charge is 2.15. The molecule has 0 atom stereocenters. The van der Waals surface area contributed by atoms with E-state index in [1.165, 1.54) is 12.1 Å². The van der Waals surface area contributed by atoms with Crippen molar-refractivity contribution >= 4 is 28.3 Å². The molecule has 4 aromatic rings. The number of hydrogen-bond acceptors (Lipinski definition) is 7. The predicted octanol–water partition coefficient (Wildman–Crippen LogP) is 4.16. The van der Waals surface area contributed by atoms with Crippen molar-refractivity contribution in [1.29, 1.82) is 0 Å². The first kappa shape index (κ1) is 20.0. The fourth-order valence-electron chi connectivity index (χ4n) is 3.30. The number of esters is 1. The molecule has 156 valence electrons. The van der Waals surface area contributed by atoms with Crippen LogP contribution in [0.3, 0.4) is 0 Å². The van der Waals surface area contributed by atoms with Crippen LogP contribution in [0.15, 0.2) is 69.9 Å². The van der Waals surface area contributed by atoms with E-state index < -0.39 is 5.97 Å². The summed E-state index contributed by atoms with van der Waals surface area (Å²) in [4.78, 5) is 25.2. The molecule has 0 radical (unpaired) electrons. The van der Waals surface area contributed by atoms with Gasteiger partial charge in [0.15, 0.2) is 5.43 Å². The molecule has 0 aliphatic carbocycles. The largest absolute Gasteiger partial charge is 0.497 e. The normalized spacial score (nSPS) is 10.8. The number of nitrogens with two attached hydrogens (primary N) is 2. The van der Waals surface area contributed by atoms with Gasteiger partial charge in [-0.1, -0.05) is 0 Å². The fraction of sp³-hybridized carbons (Fsp3) is 0.0833. The second-order valence-corrected chi connectivity index (χ2v) is 7.05. The van der Waals surface area contributed by atoms with Crippen LogP contribution < -0.4 is 26.4 Å². The average molecular weight is 416 g/mol. The van der Waals surface area contributed by atoms with Crippen LogP contribution in [-0.4, -0.2) is 13.1 Å². The number of rotatable bonds is 4. The molecular weight excluding hydrogens is 396 g/mol. The number of carbonyl (C=O) groups is 1. The summed E-state index contributed by atoms with van der Waals surface area (Å²) in [5.74, 6) is 0.790. The smallest absolute Gasteiger partial charge is 0.343 e. The molecule has 4 N–H and O–H groups in total. The van der Waals surface area contributed by atoms with Crippen molar-refractivity contribution in [2.24, 2.45) is 0 Å². The number of methoxy groups -OCH3 is 1. The summed E-state index contributed by atoms with van der Waals surface area (Å²) < 4.78 is 16.6. The molecule has 0 bridgehead atoms. The van der Waals surface area contributed by atoms with Crippen molar-refractivity contribution in [3.8, 4) is 22.8 Å². The van der Waals surface area contributed by atoms with E-state index in [0.717, 1.165) is 0 Å². The van der Waals surface area contributed by atoms with Crippen LogP contribution in [0.25, 0.3) is 22.3 Å². The van der Waals surface area contributed by atoms with Crippen LogP contribution in [0.2, 0.25) is 0 Å². The lowest BCUT2D eigenvalue weighted by molar-refractivity contribution is 0.0735. The first-order valence-electron chi connectivity index (χ1n) is 9.46. The molecule has 1 aromatic heterocycles. The third-order valence-corrected chi connectivity index (χ3v) is 4.86. The Labute approximate surface area is 177 Å². The zero-order valence-corrected chi connectivity index (χ0v) is 17.0. The van der Waals surface area contributed by atoms with Crippen LogP contribution in [0.1, 0.15) is 15.9 Å². The zero-order valence-electron chi connectivity index (χ0n) is 17.0. The third-order valence-electron chi connectivity index (χ3n) is 4.86. The maximum absolute atomic E-state index is 12.8. The summed E-state index contributed by atoms with van der Waals surface area (Å²) in [6.45, 7) is 1.71. The van der Waals surface area contributed by atoms with Gasteiger partial charge in [-0.05, 0) is 67.6 Å². The van der Waals surface area contributed by atoms with Crippen molar-refractivity contribution in [3.63, 3.8) is 0 Å². The van der Waals surface area contributed by atoms with E-state index in [-0.39, 0.29) is 11.0 Å². The Morgan fingerprint density at radius 3 is 2.19 bits per heavy atom. The molecule has 0 aliphatic heterocycles. The van der Waals surface area contributed by atoms with E-state index in [0.29, 0.717) is 50.7 Å². The molecule has 1 heterocycles. The number of nitrogen functional groups attached to an aromatic ring is 2. The summed E-state index contributed by atoms with van der Waals surface area (Å²) >= 11 is 0. The van der Waals surface area contributed by atoms with E-state index >= 15 is 0 Å². The van der Waals surface area contributed by atoms with Crippen LogP contribution in [-0.2, 0) is 0 Å². The van der Waals surface area contributed by atoms with Gasteiger partial charge >= 0.3 is 5.97 Å². The molecule has 7 nitrogen and oxygen atoms in total. The fourth-order valence-corrected chi connectivity index (χ4v) is 3.30.